The lowest BCUT2D eigenvalue weighted by atomic mass is 9.86. The standard InChI is InChI=1S/C49H53F3N8O6/c1-48(2,66)39-25-41-36(24-42(39)57-47(65)40-11-7-12-43(56-40)49(50,51)52)28-60(58-41)38-16-13-31(14-17-38)26-53-19-6-4-3-5-9-32-21-34(33-10-8-20-54-27-33)23-35(22-32)46(64)55-37-15-18-44(61)59(29-37)30-45(62)63/h7-8,10-12,15,18,20-25,27-29,31,38,53,66H,3-6,9,13-14,16-17,19,26,30H2,1-2H3,(H,55,64)(H,57,65)(H,62,63). The van der Waals surface area contributed by atoms with E-state index in [0.717, 1.165) is 110 Å². The summed E-state index contributed by atoms with van der Waals surface area (Å²) in [5.74, 6) is -1.83. The molecule has 66 heavy (non-hydrogen) atoms. The van der Waals surface area contributed by atoms with Crippen molar-refractivity contribution in [2.45, 2.75) is 96.0 Å². The van der Waals surface area contributed by atoms with Gasteiger partial charge in [0.1, 0.15) is 17.9 Å². The first kappa shape index (κ1) is 47.2. The highest BCUT2D eigenvalue weighted by atomic mass is 19.4. The number of halogens is 3. The van der Waals surface area contributed by atoms with Gasteiger partial charge in [-0.3, -0.25) is 28.8 Å². The van der Waals surface area contributed by atoms with Crippen molar-refractivity contribution in [3.8, 4) is 11.1 Å². The first-order valence-electron chi connectivity index (χ1n) is 22.1. The van der Waals surface area contributed by atoms with Gasteiger partial charge in [0.05, 0.1) is 22.8 Å². The van der Waals surface area contributed by atoms with E-state index in [1.54, 1.807) is 44.4 Å². The van der Waals surface area contributed by atoms with Crippen molar-refractivity contribution in [3.05, 3.63) is 136 Å². The molecule has 346 valence electrons. The van der Waals surface area contributed by atoms with Crippen molar-refractivity contribution in [2.75, 3.05) is 23.7 Å². The van der Waals surface area contributed by atoms with Crippen molar-refractivity contribution < 1.29 is 37.8 Å². The van der Waals surface area contributed by atoms with Crippen LogP contribution in [-0.2, 0) is 29.5 Å². The van der Waals surface area contributed by atoms with Gasteiger partial charge in [0.25, 0.3) is 17.4 Å². The van der Waals surface area contributed by atoms with E-state index >= 15 is 0 Å². The predicted octanol–water partition coefficient (Wildman–Crippen LogP) is 8.61. The number of nitrogens with one attached hydrogen (secondary N) is 3. The summed E-state index contributed by atoms with van der Waals surface area (Å²) in [6.07, 6.45) is 10.7. The highest BCUT2D eigenvalue weighted by molar-refractivity contribution is 6.05. The fraction of sp³-hybridized carbons (Fsp3) is 0.367. The summed E-state index contributed by atoms with van der Waals surface area (Å²) in [6.45, 7) is 4.46. The number of amides is 2. The molecule has 0 aliphatic heterocycles. The zero-order chi connectivity index (χ0) is 47.0. The average molecular weight is 907 g/mol. The molecule has 0 atom stereocenters. The van der Waals surface area contributed by atoms with Crippen LogP contribution in [-0.4, -0.2) is 65.4 Å². The molecule has 2 aromatic carbocycles. The maximum absolute atomic E-state index is 13.4. The number of hydrogen-bond donors (Lipinski definition) is 5. The molecule has 7 rings (SSSR count). The Balaban J connectivity index is 0.865. The van der Waals surface area contributed by atoms with Crippen molar-refractivity contribution in [2.24, 2.45) is 5.92 Å². The largest absolute Gasteiger partial charge is 0.480 e. The van der Waals surface area contributed by atoms with E-state index in [1.807, 2.05) is 29.1 Å². The zero-order valence-corrected chi connectivity index (χ0v) is 36.8. The molecule has 0 unspecified atom stereocenters. The molecule has 0 spiro atoms. The molecule has 17 heteroatoms. The molecule has 4 aromatic heterocycles. The Morgan fingerprint density at radius 1 is 0.848 bits per heavy atom. The summed E-state index contributed by atoms with van der Waals surface area (Å²) in [5.41, 5.74) is 1.34. The van der Waals surface area contributed by atoms with Gasteiger partial charge in [0.2, 0.25) is 0 Å². The highest BCUT2D eigenvalue weighted by Crippen LogP contribution is 2.36. The number of carbonyl (C=O) groups excluding carboxylic acids is 2. The molecule has 0 radical (unpaired) electrons. The van der Waals surface area contributed by atoms with Gasteiger partial charge >= 0.3 is 12.1 Å². The monoisotopic (exact) mass is 906 g/mol. The highest BCUT2D eigenvalue weighted by Gasteiger charge is 2.33. The number of benzene rings is 2. The van der Waals surface area contributed by atoms with E-state index in [4.69, 9.17) is 10.2 Å². The van der Waals surface area contributed by atoms with Gasteiger partial charge in [-0.15, -0.1) is 0 Å². The first-order valence-corrected chi connectivity index (χ1v) is 22.1. The summed E-state index contributed by atoms with van der Waals surface area (Å²) in [6, 6.07) is 18.9. The molecule has 0 bridgehead atoms. The van der Waals surface area contributed by atoms with Crippen molar-refractivity contribution in [1.82, 2.24) is 29.6 Å². The average Bonchev–Trinajstić information content (AvgIpc) is 3.71. The van der Waals surface area contributed by atoms with Crippen LogP contribution in [0.2, 0.25) is 0 Å². The third kappa shape index (κ3) is 12.3. The number of fused-ring (bicyclic) bond motifs is 1. The number of aromatic nitrogens is 5. The summed E-state index contributed by atoms with van der Waals surface area (Å²) in [7, 11) is 0. The number of alkyl halides is 3. The van der Waals surface area contributed by atoms with Crippen LogP contribution in [0.15, 0.2) is 102 Å². The van der Waals surface area contributed by atoms with Crippen molar-refractivity contribution in [1.29, 1.82) is 0 Å². The lowest BCUT2D eigenvalue weighted by Crippen LogP contribution is -2.28. The van der Waals surface area contributed by atoms with E-state index in [9.17, 15) is 37.5 Å². The Morgan fingerprint density at radius 2 is 1.64 bits per heavy atom. The smallest absolute Gasteiger partial charge is 0.433 e. The second kappa shape index (κ2) is 20.6. The van der Waals surface area contributed by atoms with Gasteiger partial charge in [-0.25, -0.2) is 4.98 Å². The van der Waals surface area contributed by atoms with E-state index < -0.39 is 47.1 Å². The number of aryl methyl sites for hydroxylation is 1. The van der Waals surface area contributed by atoms with Crippen molar-refractivity contribution in [3.63, 3.8) is 0 Å². The number of anilines is 2. The molecular weight excluding hydrogens is 854 g/mol. The minimum atomic E-state index is -4.70. The molecule has 1 aliphatic rings. The van der Waals surface area contributed by atoms with Gasteiger partial charge in [-0.05, 0) is 137 Å². The van der Waals surface area contributed by atoms with Crippen LogP contribution >= 0.6 is 0 Å². The zero-order valence-electron chi connectivity index (χ0n) is 36.8. The lowest BCUT2D eigenvalue weighted by Gasteiger charge is -2.28. The van der Waals surface area contributed by atoms with Crippen LogP contribution in [0.25, 0.3) is 22.0 Å². The third-order valence-corrected chi connectivity index (χ3v) is 11.8. The predicted molar refractivity (Wildman–Crippen MR) is 244 cm³/mol. The second-order valence-electron chi connectivity index (χ2n) is 17.4. The van der Waals surface area contributed by atoms with E-state index in [2.05, 4.69) is 32.0 Å². The lowest BCUT2D eigenvalue weighted by molar-refractivity contribution is -0.141. The molecule has 1 fully saturated rings. The summed E-state index contributed by atoms with van der Waals surface area (Å²) >= 11 is 0. The van der Waals surface area contributed by atoms with E-state index in [0.29, 0.717) is 28.2 Å². The number of pyridine rings is 3. The number of aliphatic carboxylic acids is 1. The van der Waals surface area contributed by atoms with E-state index in [1.165, 1.54) is 24.4 Å². The Hall–Kier alpha value is -6.72. The molecular formula is C49H53F3N8O6. The Labute approximate surface area is 379 Å². The quantitative estimate of drug-likeness (QED) is 0.0522. The third-order valence-electron chi connectivity index (χ3n) is 11.8. The molecule has 1 aliphatic carbocycles. The first-order chi connectivity index (χ1) is 31.5. The number of carboxylic acid groups (broad SMARTS) is 1. The van der Waals surface area contributed by atoms with Crippen molar-refractivity contribution >= 4 is 40.1 Å². The SMILES string of the molecule is CC(C)(O)c1cc2nn(C3CCC(CNCCCCCCc4cc(C(=O)Nc5ccc(=O)n(CC(=O)O)c5)cc(-c5cccnc5)c4)CC3)cc2cc1NC(=O)c1cccc(C(F)(F)F)n1. The van der Waals surface area contributed by atoms with Crippen LogP contribution < -0.4 is 21.5 Å². The molecule has 14 nitrogen and oxygen atoms in total. The maximum atomic E-state index is 13.4. The molecule has 2 amide bonds. The summed E-state index contributed by atoms with van der Waals surface area (Å²) in [5, 5.41) is 34.8. The minimum absolute atomic E-state index is 0.178. The number of aliphatic hydroxyl groups is 1. The summed E-state index contributed by atoms with van der Waals surface area (Å²) < 4.78 is 42.8. The maximum Gasteiger partial charge on any atom is 0.433 e. The second-order valence-corrected chi connectivity index (χ2v) is 17.4. The number of carbonyl (C=O) groups is 3. The minimum Gasteiger partial charge on any atom is -0.480 e. The van der Waals surface area contributed by atoms with Crippen LogP contribution in [0.1, 0.15) is 109 Å². The molecule has 1 saturated carbocycles. The molecule has 5 N–H and O–H groups in total. The van der Waals surface area contributed by atoms with Crippen LogP contribution in [0.3, 0.4) is 0 Å². The fourth-order valence-corrected chi connectivity index (χ4v) is 8.39. The Morgan fingerprint density at radius 3 is 2.36 bits per heavy atom. The number of carboxylic acids is 1. The molecule has 4 heterocycles. The van der Waals surface area contributed by atoms with Crippen LogP contribution in [0.4, 0.5) is 24.5 Å². The van der Waals surface area contributed by atoms with Gasteiger partial charge < -0.3 is 30.7 Å². The Kier molecular flexibility index (Phi) is 14.8. The van der Waals surface area contributed by atoms with Gasteiger partial charge in [0, 0.05) is 58.6 Å². The Bertz CT molecular complexity index is 2740. The molecule has 0 saturated heterocycles. The molecule has 6 aromatic rings. The van der Waals surface area contributed by atoms with Crippen LogP contribution in [0.5, 0.6) is 0 Å². The normalized spacial score (nSPS) is 15.4. The number of nitrogens with zero attached hydrogens (tertiary/aromatic N) is 5. The topological polar surface area (TPSA) is 193 Å². The van der Waals surface area contributed by atoms with Gasteiger partial charge in [-0.1, -0.05) is 31.0 Å². The van der Waals surface area contributed by atoms with Gasteiger partial charge in [-0.2, -0.15) is 18.3 Å². The fourth-order valence-electron chi connectivity index (χ4n) is 8.39. The van der Waals surface area contributed by atoms with E-state index in [-0.39, 0.29) is 17.6 Å². The number of hydrogen-bond acceptors (Lipinski definition) is 9. The number of unbranched alkanes of at least 4 members (excludes halogenated alkanes) is 3. The number of rotatable bonds is 18. The summed E-state index contributed by atoms with van der Waals surface area (Å²) in [4.78, 5) is 57.5. The van der Waals surface area contributed by atoms with Gasteiger partial charge in [0.15, 0.2) is 0 Å². The van der Waals surface area contributed by atoms with Crippen LogP contribution in [0, 0.1) is 5.92 Å².